The van der Waals surface area contributed by atoms with E-state index in [9.17, 15) is 44.1 Å². The molecular weight excluding hydrogens is 692 g/mol. The van der Waals surface area contributed by atoms with Crippen LogP contribution in [0, 0.1) is 10.4 Å². The van der Waals surface area contributed by atoms with Crippen LogP contribution in [0.2, 0.25) is 0 Å². The highest BCUT2D eigenvalue weighted by Gasteiger charge is 2.53. The molecule has 7 rings (SSSR count). The highest BCUT2D eigenvalue weighted by atomic mass is 79.9. The Morgan fingerprint density at radius 1 is 0.979 bits per heavy atom. The number of aliphatic hydroxyl groups excluding tert-OH is 2. The summed E-state index contributed by atoms with van der Waals surface area (Å²) in [4.78, 5) is 81.3. The third kappa shape index (κ3) is 3.87. The fourth-order valence-electron chi connectivity index (χ4n) is 6.82. The van der Waals surface area contributed by atoms with Gasteiger partial charge >= 0.3 is 6.03 Å². The number of nitrogens with one attached hydrogen (secondary N) is 1. The highest BCUT2D eigenvalue weighted by molar-refractivity contribution is 9.10. The lowest BCUT2D eigenvalue weighted by Crippen LogP contribution is -2.51. The van der Waals surface area contributed by atoms with E-state index in [1.54, 1.807) is 30.3 Å². The summed E-state index contributed by atoms with van der Waals surface area (Å²) in [7, 11) is 1.11. The van der Waals surface area contributed by atoms with Gasteiger partial charge in [-0.2, -0.15) is 10.1 Å². The molecule has 1 spiro atoms. The predicted molar refractivity (Wildman–Crippen MR) is 177 cm³/mol. The minimum atomic E-state index is -2.06. The van der Waals surface area contributed by atoms with E-state index in [1.807, 2.05) is 0 Å². The lowest BCUT2D eigenvalue weighted by Gasteiger charge is -2.27. The van der Waals surface area contributed by atoms with Gasteiger partial charge in [-0.3, -0.25) is 24.0 Å². The van der Waals surface area contributed by atoms with Crippen molar-refractivity contribution < 1.29 is 24.9 Å². The number of urea groups is 1. The van der Waals surface area contributed by atoms with E-state index >= 15 is 0 Å². The molecule has 0 unspecified atom stereocenters. The fraction of sp³-hybridized carbons (Fsp3) is 0.121. The Kier molecular flexibility index (Phi) is 6.66. The number of fused-ring (bicyclic) bond motifs is 4. The molecule has 240 valence electrons. The summed E-state index contributed by atoms with van der Waals surface area (Å²) < 4.78 is 5.19. The summed E-state index contributed by atoms with van der Waals surface area (Å²) in [5.74, 6) is -2.76. The van der Waals surface area contributed by atoms with Crippen molar-refractivity contribution in [2.75, 3.05) is 12.1 Å². The first kappa shape index (κ1) is 30.6. The van der Waals surface area contributed by atoms with Crippen LogP contribution in [-0.2, 0) is 11.8 Å². The highest BCUT2D eigenvalue weighted by Crippen LogP contribution is 2.56. The number of nitrogens with two attached hydrogens (primary N) is 1. The number of carbonyl (C=O) groups excluding carboxylic acids is 1. The lowest BCUT2D eigenvalue weighted by atomic mass is 9.78. The van der Waals surface area contributed by atoms with E-state index < -0.39 is 82.6 Å². The zero-order valence-electron chi connectivity index (χ0n) is 24.6. The number of phenols is 1. The number of halogens is 1. The number of aromatic nitrogens is 1. The van der Waals surface area contributed by atoms with Gasteiger partial charge in [0.15, 0.2) is 11.2 Å². The summed E-state index contributed by atoms with van der Waals surface area (Å²) in [6.07, 6.45) is 1.08. The number of amides is 2. The number of phenolic OH excluding ortho intramolecular Hbond substituents is 1. The number of rotatable bonds is 4. The molecule has 1 atom stereocenters. The summed E-state index contributed by atoms with van der Waals surface area (Å²) in [6.45, 7) is 0. The zero-order chi connectivity index (χ0) is 34.4. The van der Waals surface area contributed by atoms with Crippen LogP contribution in [0.1, 0.15) is 23.2 Å². The predicted octanol–water partition coefficient (Wildman–Crippen LogP) is 0.195. The van der Waals surface area contributed by atoms with Crippen LogP contribution in [0.4, 0.5) is 10.5 Å². The number of H-pyrrole nitrogens is 1. The second kappa shape index (κ2) is 10.5. The molecule has 2 aromatic carbocycles. The molecule has 4 aliphatic carbocycles. The van der Waals surface area contributed by atoms with E-state index in [4.69, 9.17) is 10.5 Å². The third-order valence-corrected chi connectivity index (χ3v) is 9.80. The van der Waals surface area contributed by atoms with E-state index in [0.29, 0.717) is 11.3 Å². The first-order valence-electron chi connectivity index (χ1n) is 14.2. The number of nitrogens with zero attached hydrogens (tertiary/aromatic N) is 2. The number of pyridine rings is 1. The molecule has 0 aliphatic heterocycles. The topological polar surface area (TPSA) is 230 Å². The Morgan fingerprint density at radius 3 is 2.25 bits per heavy atom. The number of anilines is 1. The number of hydrogen-bond acceptors (Lipinski definition) is 11. The van der Waals surface area contributed by atoms with Crippen LogP contribution in [0.25, 0.3) is 22.3 Å². The largest absolute Gasteiger partial charge is 0.510 e. The number of aromatic hydroxyl groups is 1. The number of carbonyl (C=O) groups is 1. The van der Waals surface area contributed by atoms with Crippen molar-refractivity contribution in [1.82, 2.24) is 4.98 Å². The van der Waals surface area contributed by atoms with Crippen molar-refractivity contribution in [3.05, 3.63) is 136 Å². The molecule has 0 fully saturated rings. The Hall–Kier alpha value is -6.09. The van der Waals surface area contributed by atoms with Crippen molar-refractivity contribution in [2.45, 2.75) is 18.3 Å². The number of hydrazone groups is 1. The summed E-state index contributed by atoms with van der Waals surface area (Å²) in [5.41, 5.74) is -1.07. The molecule has 14 nitrogen and oxygen atoms in total. The third-order valence-electron chi connectivity index (χ3n) is 8.90. The van der Waals surface area contributed by atoms with Gasteiger partial charge in [0.1, 0.15) is 22.7 Å². The second-order valence-corrected chi connectivity index (χ2v) is 12.0. The fourth-order valence-corrected chi connectivity index (χ4v) is 7.53. The molecule has 0 bridgehead atoms. The van der Waals surface area contributed by atoms with E-state index in [2.05, 4.69) is 26.0 Å². The summed E-state index contributed by atoms with van der Waals surface area (Å²) in [5, 5.41) is 37.0. The average Bonchev–Trinajstić information content (AvgIpc) is 3.57. The van der Waals surface area contributed by atoms with E-state index in [-0.39, 0.29) is 39.3 Å². The van der Waals surface area contributed by atoms with Crippen LogP contribution < -0.4 is 53.2 Å². The van der Waals surface area contributed by atoms with Crippen LogP contribution in [-0.4, -0.2) is 39.7 Å². The maximum Gasteiger partial charge on any atom is 0.340 e. The SMILES string of the molecule is COc1cc(=O)c2c(=O)c3c(c(=O)c=2c1=O)=C(O)[C@]1(CCc2c1c(O)c1c(=O)[nH]c(C=NN(C(N)=O)c4ccccc4)cc1c2Br)C=3O. The number of para-hydroxylation sites is 1. The first-order chi connectivity index (χ1) is 22.8. The van der Waals surface area contributed by atoms with Crippen molar-refractivity contribution >= 4 is 56.2 Å². The quantitative estimate of drug-likeness (QED) is 0.125. The monoisotopic (exact) mass is 712 g/mol. The molecule has 3 aromatic rings. The standard InChI is InChI=1S/C33H21BrN4O10/c1-48-17-10-16(39)19-20(25(17)40)27(42)22-21(26(19)41)29(44)33(30(22)45)8-7-14-23(33)28(43)18-15(24(14)34)9-12(37-31(18)46)11-36-38(32(35)47)13-5-3-2-4-6-13/h2-6,9-11,43-45H,7-8H2,1H3,(H2,35,47)(H,37,46)/t33-/m0/s1. The first-order valence-corrected chi connectivity index (χ1v) is 15.0. The minimum absolute atomic E-state index is 0.0660. The number of hydrogen-bond donors (Lipinski definition) is 5. The zero-order valence-corrected chi connectivity index (χ0v) is 26.2. The Labute approximate surface area is 274 Å². The minimum Gasteiger partial charge on any atom is -0.510 e. The van der Waals surface area contributed by atoms with Gasteiger partial charge < -0.3 is 30.8 Å². The maximum absolute atomic E-state index is 13.7. The van der Waals surface area contributed by atoms with Crippen molar-refractivity contribution in [2.24, 2.45) is 10.8 Å². The lowest BCUT2D eigenvalue weighted by molar-refractivity contribution is 0.254. The molecule has 0 saturated carbocycles. The van der Waals surface area contributed by atoms with Gasteiger partial charge in [-0.05, 0) is 52.5 Å². The van der Waals surface area contributed by atoms with Gasteiger partial charge in [0, 0.05) is 21.5 Å². The molecule has 15 heteroatoms. The molecule has 0 saturated heterocycles. The van der Waals surface area contributed by atoms with Crippen molar-refractivity contribution in [1.29, 1.82) is 0 Å². The van der Waals surface area contributed by atoms with E-state index in [0.717, 1.165) is 18.2 Å². The van der Waals surface area contributed by atoms with Crippen LogP contribution in [0.15, 0.2) is 76.0 Å². The Balaban J connectivity index is 1.48. The number of ether oxygens (including phenoxy) is 1. The molecule has 0 radical (unpaired) electrons. The van der Waals surface area contributed by atoms with Gasteiger partial charge in [-0.1, -0.05) is 18.2 Å². The Bertz CT molecular complexity index is 2810. The number of methoxy groups -OCH3 is 1. The summed E-state index contributed by atoms with van der Waals surface area (Å²) in [6, 6.07) is 9.64. The maximum atomic E-state index is 13.7. The van der Waals surface area contributed by atoms with Crippen LogP contribution >= 0.6 is 15.9 Å². The van der Waals surface area contributed by atoms with Crippen LogP contribution in [0.3, 0.4) is 0 Å². The van der Waals surface area contributed by atoms with Gasteiger partial charge in [0.05, 0.1) is 51.0 Å². The van der Waals surface area contributed by atoms with Crippen molar-refractivity contribution in [3.8, 4) is 11.5 Å². The summed E-state index contributed by atoms with van der Waals surface area (Å²) >= 11 is 3.49. The number of benzene rings is 2. The molecule has 48 heavy (non-hydrogen) atoms. The molecular formula is C33H21BrN4O10. The molecule has 1 aromatic heterocycles. The molecule has 6 N–H and O–H groups in total. The average molecular weight is 713 g/mol. The van der Waals surface area contributed by atoms with Gasteiger partial charge in [0.25, 0.3) is 5.56 Å². The molecule has 2 amide bonds. The number of aromatic amines is 1. The molecule has 1 heterocycles. The molecule has 4 aliphatic rings. The Morgan fingerprint density at radius 2 is 1.62 bits per heavy atom. The number of primary amides is 1. The second-order valence-electron chi connectivity index (χ2n) is 11.3. The normalized spacial score (nSPS) is 16.7. The van der Waals surface area contributed by atoms with E-state index in [1.165, 1.54) is 12.3 Å². The van der Waals surface area contributed by atoms with Gasteiger partial charge in [-0.15, -0.1) is 0 Å². The smallest absolute Gasteiger partial charge is 0.340 e. The van der Waals surface area contributed by atoms with Crippen LogP contribution in [0.5, 0.6) is 11.5 Å². The van der Waals surface area contributed by atoms with Gasteiger partial charge in [-0.25, -0.2) is 4.79 Å². The van der Waals surface area contributed by atoms with Crippen molar-refractivity contribution in [3.63, 3.8) is 0 Å². The van der Waals surface area contributed by atoms with Gasteiger partial charge in [0.2, 0.25) is 16.3 Å². The number of aliphatic hydroxyl groups is 2.